The number of rotatable bonds is 4. The summed E-state index contributed by atoms with van der Waals surface area (Å²) in [7, 11) is -6.41. The van der Waals surface area contributed by atoms with Gasteiger partial charge in [0, 0.05) is 31.1 Å². The Balaban J connectivity index is 2.11. The van der Waals surface area contributed by atoms with Crippen LogP contribution in [-0.4, -0.2) is 48.5 Å². The largest absolute Gasteiger partial charge is 0.370 e. The molecule has 2 rings (SSSR count). The first-order chi connectivity index (χ1) is 9.65. The predicted octanol–water partition coefficient (Wildman–Crippen LogP) is 0.608. The Morgan fingerprint density at radius 2 is 1.71 bits per heavy atom. The minimum Gasteiger partial charge on any atom is -0.370 e. The van der Waals surface area contributed by atoms with Crippen molar-refractivity contribution < 1.29 is 16.8 Å². The molecule has 21 heavy (non-hydrogen) atoms. The summed E-state index contributed by atoms with van der Waals surface area (Å²) < 4.78 is 48.1. The van der Waals surface area contributed by atoms with E-state index < -0.39 is 19.9 Å². The van der Waals surface area contributed by atoms with Crippen LogP contribution in [0.15, 0.2) is 29.2 Å². The van der Waals surface area contributed by atoms with Crippen molar-refractivity contribution in [2.45, 2.75) is 23.8 Å². The monoisotopic (exact) mass is 332 g/mol. The zero-order valence-corrected chi connectivity index (χ0v) is 13.7. The van der Waals surface area contributed by atoms with Gasteiger partial charge in [0.2, 0.25) is 10.0 Å². The fourth-order valence-corrected chi connectivity index (χ4v) is 3.94. The molecule has 0 aliphatic carbocycles. The zero-order chi connectivity index (χ0) is 15.7. The Labute approximate surface area is 126 Å². The molecule has 1 aliphatic heterocycles. The van der Waals surface area contributed by atoms with Crippen LogP contribution in [-0.2, 0) is 19.9 Å². The Bertz CT molecular complexity index is 696. The second kappa shape index (κ2) is 5.94. The first-order valence-corrected chi connectivity index (χ1v) is 10.5. The van der Waals surface area contributed by atoms with Gasteiger partial charge in [0.05, 0.1) is 11.2 Å². The van der Waals surface area contributed by atoms with Crippen molar-refractivity contribution in [1.82, 2.24) is 4.72 Å². The van der Waals surface area contributed by atoms with Crippen LogP contribution in [0.1, 0.15) is 12.8 Å². The van der Waals surface area contributed by atoms with Crippen LogP contribution in [0.2, 0.25) is 0 Å². The van der Waals surface area contributed by atoms with E-state index in [-0.39, 0.29) is 10.9 Å². The quantitative estimate of drug-likeness (QED) is 0.873. The van der Waals surface area contributed by atoms with Crippen molar-refractivity contribution in [3.63, 3.8) is 0 Å². The lowest BCUT2D eigenvalue weighted by molar-refractivity contribution is 0.467. The Kier molecular flexibility index (Phi) is 4.60. The van der Waals surface area contributed by atoms with Crippen molar-refractivity contribution in [2.24, 2.45) is 0 Å². The number of benzene rings is 1. The van der Waals surface area contributed by atoms with E-state index in [2.05, 4.69) is 9.62 Å². The van der Waals surface area contributed by atoms with Crippen LogP contribution in [0.25, 0.3) is 0 Å². The van der Waals surface area contributed by atoms with Crippen LogP contribution < -0.4 is 9.62 Å². The van der Waals surface area contributed by atoms with Gasteiger partial charge in [-0.1, -0.05) is 0 Å². The fraction of sp³-hybridized carbons (Fsp3) is 0.538. The highest BCUT2D eigenvalue weighted by Crippen LogP contribution is 2.22. The van der Waals surface area contributed by atoms with Gasteiger partial charge in [-0.25, -0.2) is 21.6 Å². The summed E-state index contributed by atoms with van der Waals surface area (Å²) in [5.74, 6) is 0. The maximum Gasteiger partial charge on any atom is 0.209 e. The SMILES string of the molecule is CS(=O)(=O)NC1CCCN(c2ccc(S(C)(=O)=O)cc2)C1. The Morgan fingerprint density at radius 1 is 1.10 bits per heavy atom. The molecule has 1 heterocycles. The first-order valence-electron chi connectivity index (χ1n) is 6.67. The highest BCUT2D eigenvalue weighted by Gasteiger charge is 2.22. The van der Waals surface area contributed by atoms with Gasteiger partial charge in [0.1, 0.15) is 0 Å². The van der Waals surface area contributed by atoms with Gasteiger partial charge in [-0.2, -0.15) is 0 Å². The van der Waals surface area contributed by atoms with Gasteiger partial charge in [-0.3, -0.25) is 0 Å². The molecule has 0 aromatic heterocycles. The number of anilines is 1. The van der Waals surface area contributed by atoms with Crippen molar-refractivity contribution in [1.29, 1.82) is 0 Å². The molecule has 1 N–H and O–H groups in total. The molecule has 0 radical (unpaired) electrons. The van der Waals surface area contributed by atoms with E-state index in [1.165, 1.54) is 6.26 Å². The average Bonchev–Trinajstić information content (AvgIpc) is 2.36. The molecular formula is C13H20N2O4S2. The molecule has 1 aromatic rings. The summed E-state index contributed by atoms with van der Waals surface area (Å²) in [6.07, 6.45) is 4.04. The minimum absolute atomic E-state index is 0.108. The van der Waals surface area contributed by atoms with Crippen LogP contribution >= 0.6 is 0 Å². The summed E-state index contributed by atoms with van der Waals surface area (Å²) in [5.41, 5.74) is 0.905. The smallest absolute Gasteiger partial charge is 0.209 e. The number of hydrogen-bond acceptors (Lipinski definition) is 5. The number of sulfonamides is 1. The van der Waals surface area contributed by atoms with E-state index in [1.807, 2.05) is 0 Å². The summed E-state index contributed by atoms with van der Waals surface area (Å²) >= 11 is 0. The third-order valence-electron chi connectivity index (χ3n) is 3.43. The maximum atomic E-state index is 11.4. The first kappa shape index (κ1) is 16.3. The van der Waals surface area contributed by atoms with Crippen molar-refractivity contribution >= 4 is 25.5 Å². The van der Waals surface area contributed by atoms with Crippen molar-refractivity contribution in [3.8, 4) is 0 Å². The van der Waals surface area contributed by atoms with E-state index in [0.29, 0.717) is 6.54 Å². The standard InChI is InChI=1S/C13H20N2O4S2/c1-20(16,17)13-7-5-12(6-8-13)15-9-3-4-11(10-15)14-21(2,18)19/h5-8,11,14H,3-4,9-10H2,1-2H3. The maximum absolute atomic E-state index is 11.4. The van der Waals surface area contributed by atoms with Crippen LogP contribution in [0, 0.1) is 0 Å². The Morgan fingerprint density at radius 3 is 2.24 bits per heavy atom. The second-order valence-electron chi connectivity index (χ2n) is 5.44. The number of hydrogen-bond donors (Lipinski definition) is 1. The van der Waals surface area contributed by atoms with Gasteiger partial charge < -0.3 is 4.90 Å². The van der Waals surface area contributed by atoms with Crippen LogP contribution in [0.4, 0.5) is 5.69 Å². The van der Waals surface area contributed by atoms with Crippen molar-refractivity contribution in [3.05, 3.63) is 24.3 Å². The molecular weight excluding hydrogens is 312 g/mol. The summed E-state index contributed by atoms with van der Waals surface area (Å²) in [5, 5.41) is 0. The number of nitrogens with zero attached hydrogens (tertiary/aromatic N) is 1. The van der Waals surface area contributed by atoms with Crippen molar-refractivity contribution in [2.75, 3.05) is 30.5 Å². The lowest BCUT2D eigenvalue weighted by Crippen LogP contribution is -2.47. The average molecular weight is 332 g/mol. The van der Waals surface area contributed by atoms with E-state index in [0.717, 1.165) is 31.3 Å². The van der Waals surface area contributed by atoms with E-state index in [4.69, 9.17) is 0 Å². The normalized spacial score (nSPS) is 20.5. The summed E-state index contributed by atoms with van der Waals surface area (Å²) in [6, 6.07) is 6.58. The summed E-state index contributed by atoms with van der Waals surface area (Å²) in [6.45, 7) is 1.42. The zero-order valence-electron chi connectivity index (χ0n) is 12.1. The molecule has 0 spiro atoms. The molecule has 0 bridgehead atoms. The lowest BCUT2D eigenvalue weighted by Gasteiger charge is -2.34. The molecule has 6 nitrogen and oxygen atoms in total. The van der Waals surface area contributed by atoms with Gasteiger partial charge in [0.15, 0.2) is 9.84 Å². The predicted molar refractivity (Wildman–Crippen MR) is 82.8 cm³/mol. The number of sulfone groups is 1. The molecule has 1 aliphatic rings. The highest BCUT2D eigenvalue weighted by atomic mass is 32.2. The van der Waals surface area contributed by atoms with Crippen LogP contribution in [0.3, 0.4) is 0 Å². The van der Waals surface area contributed by atoms with Gasteiger partial charge >= 0.3 is 0 Å². The van der Waals surface area contributed by atoms with E-state index in [9.17, 15) is 16.8 Å². The highest BCUT2D eigenvalue weighted by molar-refractivity contribution is 7.90. The molecule has 1 unspecified atom stereocenters. The fourth-order valence-electron chi connectivity index (χ4n) is 2.51. The third kappa shape index (κ3) is 4.69. The molecule has 0 saturated carbocycles. The molecule has 118 valence electrons. The van der Waals surface area contributed by atoms with E-state index in [1.54, 1.807) is 24.3 Å². The van der Waals surface area contributed by atoms with Gasteiger partial charge in [-0.05, 0) is 37.1 Å². The third-order valence-corrected chi connectivity index (χ3v) is 5.32. The molecule has 8 heteroatoms. The minimum atomic E-state index is -3.21. The lowest BCUT2D eigenvalue weighted by atomic mass is 10.1. The topological polar surface area (TPSA) is 83.6 Å². The van der Waals surface area contributed by atoms with Crippen LogP contribution in [0.5, 0.6) is 0 Å². The molecule has 1 aromatic carbocycles. The van der Waals surface area contributed by atoms with Gasteiger partial charge in [-0.15, -0.1) is 0 Å². The second-order valence-corrected chi connectivity index (χ2v) is 9.24. The van der Waals surface area contributed by atoms with Gasteiger partial charge in [0.25, 0.3) is 0 Å². The Hall–Kier alpha value is -1.12. The molecule has 1 atom stereocenters. The van der Waals surface area contributed by atoms with E-state index >= 15 is 0 Å². The number of nitrogens with one attached hydrogen (secondary N) is 1. The summed E-state index contributed by atoms with van der Waals surface area (Å²) in [4.78, 5) is 2.35. The molecule has 1 saturated heterocycles. The number of piperidine rings is 1. The molecule has 0 amide bonds. The molecule has 1 fully saturated rings.